The fraction of sp³-hybridized carbons (Fsp3) is 0.192. The molecule has 3 aliphatic carbocycles. The van der Waals surface area contributed by atoms with Gasteiger partial charge in [-0.2, -0.15) is 0 Å². The summed E-state index contributed by atoms with van der Waals surface area (Å²) in [5.74, 6) is -2.74. The average molecular weight is 462 g/mol. The van der Waals surface area contributed by atoms with Crippen LogP contribution < -0.4 is 4.90 Å². The van der Waals surface area contributed by atoms with E-state index < -0.39 is 23.2 Å². The van der Waals surface area contributed by atoms with Crippen LogP contribution in [0.1, 0.15) is 35.1 Å². The Kier molecular flexibility index (Phi) is 4.02. The van der Waals surface area contributed by atoms with E-state index in [0.29, 0.717) is 0 Å². The number of hydrogen-bond acceptors (Lipinski definition) is 3. The van der Waals surface area contributed by atoms with Crippen molar-refractivity contribution in [1.29, 1.82) is 0 Å². The molecule has 0 spiro atoms. The van der Waals surface area contributed by atoms with Crippen molar-refractivity contribution >= 4 is 46.5 Å². The Morgan fingerprint density at radius 1 is 0.844 bits per heavy atom. The second-order valence-electron chi connectivity index (χ2n) is 8.60. The minimum Gasteiger partial charge on any atom is -0.299 e. The molecule has 6 heteroatoms. The fourth-order valence-electron chi connectivity index (χ4n) is 6.27. The number of rotatable bonds is 2. The first kappa shape index (κ1) is 19.7. The molecule has 1 fully saturated rings. The van der Waals surface area contributed by atoms with Crippen LogP contribution in [0.4, 0.5) is 5.69 Å². The predicted octanol–water partition coefficient (Wildman–Crippen LogP) is 5.13. The molecule has 0 unspecified atom stereocenters. The van der Waals surface area contributed by atoms with Crippen molar-refractivity contribution in [2.24, 2.45) is 11.8 Å². The van der Waals surface area contributed by atoms with E-state index in [1.165, 1.54) is 6.92 Å². The van der Waals surface area contributed by atoms with Gasteiger partial charge in [0.1, 0.15) is 5.78 Å². The van der Waals surface area contributed by atoms with E-state index in [4.69, 9.17) is 23.2 Å². The summed E-state index contributed by atoms with van der Waals surface area (Å²) in [6, 6.07) is 20.3. The molecule has 0 N–H and O–H groups in total. The summed E-state index contributed by atoms with van der Waals surface area (Å²) in [7, 11) is 0. The Morgan fingerprint density at radius 2 is 1.44 bits per heavy atom. The number of ketones is 1. The third-order valence-electron chi connectivity index (χ3n) is 7.35. The fourth-order valence-corrected chi connectivity index (χ4v) is 6.65. The number of carbonyl (C=O) groups excluding carboxylic acids is 3. The smallest absolute Gasteiger partial charge is 0.239 e. The molecule has 158 valence electrons. The first-order valence-corrected chi connectivity index (χ1v) is 11.2. The van der Waals surface area contributed by atoms with Gasteiger partial charge in [-0.05, 0) is 41.3 Å². The molecular weight excluding hydrogens is 445 g/mol. The van der Waals surface area contributed by atoms with Crippen molar-refractivity contribution in [2.45, 2.75) is 18.3 Å². The molecule has 0 radical (unpaired) electrons. The highest BCUT2D eigenvalue weighted by atomic mass is 35.5. The van der Waals surface area contributed by atoms with Gasteiger partial charge in [0.25, 0.3) is 0 Å². The molecule has 4 nitrogen and oxygen atoms in total. The number of nitrogens with zero attached hydrogens (tertiary/aromatic N) is 1. The number of amides is 2. The highest BCUT2D eigenvalue weighted by Crippen LogP contribution is 2.64. The molecule has 1 heterocycles. The zero-order valence-electron chi connectivity index (χ0n) is 17.0. The Hall–Kier alpha value is -2.95. The molecule has 7 rings (SSSR count). The summed E-state index contributed by atoms with van der Waals surface area (Å²) >= 11 is 12.6. The van der Waals surface area contributed by atoms with E-state index in [-0.39, 0.29) is 33.3 Å². The number of carbonyl (C=O) groups is 3. The maximum Gasteiger partial charge on any atom is 0.239 e. The van der Waals surface area contributed by atoms with Gasteiger partial charge in [0.2, 0.25) is 11.8 Å². The van der Waals surface area contributed by atoms with Crippen LogP contribution in [0.25, 0.3) is 0 Å². The molecule has 2 atom stereocenters. The lowest BCUT2D eigenvalue weighted by molar-refractivity contribution is -0.132. The van der Waals surface area contributed by atoms with E-state index >= 15 is 0 Å². The van der Waals surface area contributed by atoms with E-state index in [0.717, 1.165) is 27.2 Å². The molecule has 2 amide bonds. The van der Waals surface area contributed by atoms with Crippen LogP contribution >= 0.6 is 23.2 Å². The quantitative estimate of drug-likeness (QED) is 0.496. The van der Waals surface area contributed by atoms with Gasteiger partial charge >= 0.3 is 0 Å². The molecule has 1 aliphatic heterocycles. The number of imide groups is 1. The zero-order chi connectivity index (χ0) is 22.4. The van der Waals surface area contributed by atoms with Crippen LogP contribution in [0.3, 0.4) is 0 Å². The Labute approximate surface area is 194 Å². The molecule has 1 saturated heterocycles. The number of anilines is 1. The number of Topliss-reactive ketones (excluding diaryl/α,β-unsaturated/α-hetero) is 1. The van der Waals surface area contributed by atoms with Crippen molar-refractivity contribution in [3.8, 4) is 0 Å². The highest BCUT2D eigenvalue weighted by molar-refractivity contribution is 6.45. The molecule has 0 aromatic heterocycles. The van der Waals surface area contributed by atoms with Gasteiger partial charge in [0.15, 0.2) is 0 Å². The van der Waals surface area contributed by atoms with Gasteiger partial charge in [0, 0.05) is 5.92 Å². The Balaban J connectivity index is 1.68. The molecule has 4 aliphatic rings. The molecule has 0 saturated carbocycles. The Morgan fingerprint density at radius 3 is 2.03 bits per heavy atom. The van der Waals surface area contributed by atoms with Gasteiger partial charge in [-0.1, -0.05) is 77.8 Å². The lowest BCUT2D eigenvalue weighted by atomic mass is 9.46. The van der Waals surface area contributed by atoms with Crippen LogP contribution in [-0.2, 0) is 19.8 Å². The number of benzene rings is 3. The third-order valence-corrected chi connectivity index (χ3v) is 8.15. The van der Waals surface area contributed by atoms with E-state index in [1.54, 1.807) is 18.2 Å². The SMILES string of the molecule is CC(=O)C12c3ccccc3C(c3ccccc31)[C@H]1C(=O)N(c3cccc(Cl)c3Cl)C(=O)[C@@H]12. The molecule has 32 heavy (non-hydrogen) atoms. The lowest BCUT2D eigenvalue weighted by Crippen LogP contribution is -2.57. The van der Waals surface area contributed by atoms with E-state index in [2.05, 4.69) is 0 Å². The largest absolute Gasteiger partial charge is 0.299 e. The van der Waals surface area contributed by atoms with Crippen LogP contribution in [0, 0.1) is 11.8 Å². The summed E-state index contributed by atoms with van der Waals surface area (Å²) in [5.41, 5.74) is 2.54. The summed E-state index contributed by atoms with van der Waals surface area (Å²) < 4.78 is 0. The molecule has 2 bridgehead atoms. The summed E-state index contributed by atoms with van der Waals surface area (Å²) in [4.78, 5) is 42.5. The second kappa shape index (κ2) is 6.53. The predicted molar refractivity (Wildman–Crippen MR) is 122 cm³/mol. The van der Waals surface area contributed by atoms with Gasteiger partial charge < -0.3 is 0 Å². The first-order chi connectivity index (χ1) is 15.4. The molecule has 3 aromatic carbocycles. The average Bonchev–Trinajstić information content (AvgIpc) is 3.06. The Bertz CT molecular complexity index is 1320. The van der Waals surface area contributed by atoms with Crippen molar-refractivity contribution in [3.63, 3.8) is 0 Å². The highest BCUT2D eigenvalue weighted by Gasteiger charge is 2.70. The van der Waals surface area contributed by atoms with E-state index in [1.807, 2.05) is 48.5 Å². The molecule has 3 aromatic rings. The van der Waals surface area contributed by atoms with Gasteiger partial charge in [0.05, 0.1) is 33.0 Å². The maximum atomic E-state index is 14.0. The third kappa shape index (κ3) is 2.12. The van der Waals surface area contributed by atoms with Crippen molar-refractivity contribution in [1.82, 2.24) is 0 Å². The van der Waals surface area contributed by atoms with Gasteiger partial charge in [-0.25, -0.2) is 4.90 Å². The summed E-state index contributed by atoms with van der Waals surface area (Å²) in [6.07, 6.45) is 0. The summed E-state index contributed by atoms with van der Waals surface area (Å²) in [5, 5.41) is 0.407. The van der Waals surface area contributed by atoms with Crippen LogP contribution in [0.2, 0.25) is 10.0 Å². The van der Waals surface area contributed by atoms with Crippen molar-refractivity contribution in [2.75, 3.05) is 4.90 Å². The van der Waals surface area contributed by atoms with Crippen LogP contribution in [0.5, 0.6) is 0 Å². The summed E-state index contributed by atoms with van der Waals surface area (Å²) in [6.45, 7) is 1.52. The minimum absolute atomic E-state index is 0.147. The maximum absolute atomic E-state index is 14.0. The van der Waals surface area contributed by atoms with E-state index in [9.17, 15) is 14.4 Å². The lowest BCUT2D eigenvalue weighted by Gasteiger charge is -2.52. The van der Waals surface area contributed by atoms with Crippen molar-refractivity contribution in [3.05, 3.63) is 99.0 Å². The monoisotopic (exact) mass is 461 g/mol. The minimum atomic E-state index is -1.22. The van der Waals surface area contributed by atoms with Crippen molar-refractivity contribution < 1.29 is 14.4 Å². The topological polar surface area (TPSA) is 54.5 Å². The zero-order valence-corrected chi connectivity index (χ0v) is 18.5. The number of halogens is 2. The number of hydrogen-bond donors (Lipinski definition) is 0. The molecular formula is C26H17Cl2NO3. The normalized spacial score (nSPS) is 27.2. The second-order valence-corrected chi connectivity index (χ2v) is 9.39. The van der Waals surface area contributed by atoms with Gasteiger partial charge in [-0.3, -0.25) is 14.4 Å². The standard InChI is InChI=1S/C26H17Cl2NO3/c1-13(30)26-16-9-4-2-7-14(16)20(15-8-3-5-10-17(15)26)21-22(26)25(32)29(24(21)31)19-12-6-11-18(27)23(19)28/h2-12,20-22H,1H3/t20?,21-,22-,26?/m1/s1. The van der Waals surface area contributed by atoms with Crippen LogP contribution in [-0.4, -0.2) is 17.6 Å². The van der Waals surface area contributed by atoms with Crippen LogP contribution in [0.15, 0.2) is 66.7 Å². The first-order valence-electron chi connectivity index (χ1n) is 10.4. The van der Waals surface area contributed by atoms with Gasteiger partial charge in [-0.15, -0.1) is 0 Å².